The van der Waals surface area contributed by atoms with Crippen LogP contribution in [0.1, 0.15) is 75.0 Å². The molecule has 0 bridgehead atoms. The third-order valence-electron chi connectivity index (χ3n) is 9.14. The van der Waals surface area contributed by atoms with Crippen molar-refractivity contribution in [1.82, 2.24) is 26.2 Å². The van der Waals surface area contributed by atoms with Gasteiger partial charge in [0.15, 0.2) is 0 Å². The Morgan fingerprint density at radius 1 is 0.849 bits per heavy atom. The zero-order chi connectivity index (χ0) is 37.8. The van der Waals surface area contributed by atoms with Gasteiger partial charge in [-0.15, -0.1) is 0 Å². The van der Waals surface area contributed by atoms with Gasteiger partial charge in [0.2, 0.25) is 11.8 Å². The Morgan fingerprint density at radius 3 is 2.32 bits per heavy atom. The van der Waals surface area contributed by atoms with E-state index in [-0.39, 0.29) is 12.5 Å². The highest BCUT2D eigenvalue weighted by Crippen LogP contribution is 2.28. The van der Waals surface area contributed by atoms with Crippen LogP contribution in [0, 0.1) is 5.41 Å². The summed E-state index contributed by atoms with van der Waals surface area (Å²) in [5, 5.41) is 27.8. The fourth-order valence-corrected chi connectivity index (χ4v) is 6.68. The maximum Gasteiger partial charge on any atom is 0.319 e. The van der Waals surface area contributed by atoms with Gasteiger partial charge in [0.05, 0.1) is 12.3 Å². The highest BCUT2D eigenvalue weighted by atomic mass is 35.5. The highest BCUT2D eigenvalue weighted by Gasteiger charge is 2.21. The number of likely N-dealkylation sites (tertiary alicyclic amines) is 1. The van der Waals surface area contributed by atoms with E-state index in [2.05, 4.69) is 43.7 Å². The Balaban J connectivity index is 1.33. The summed E-state index contributed by atoms with van der Waals surface area (Å²) in [5.41, 5.74) is 3.94. The number of nitrogens with one attached hydrogen (secondary N) is 7. The van der Waals surface area contributed by atoms with Crippen LogP contribution in [0.5, 0.6) is 0 Å². The first kappa shape index (κ1) is 41.6. The van der Waals surface area contributed by atoms with Gasteiger partial charge < -0.3 is 37.3 Å². The topological polar surface area (TPSA) is 150 Å². The zero-order valence-corrected chi connectivity index (χ0v) is 32.2. The van der Waals surface area contributed by atoms with Crippen LogP contribution in [0.4, 0.5) is 16.2 Å². The van der Waals surface area contributed by atoms with Crippen molar-refractivity contribution in [1.29, 1.82) is 5.41 Å². The molecule has 1 aliphatic rings. The van der Waals surface area contributed by atoms with Crippen molar-refractivity contribution in [2.75, 3.05) is 49.9 Å². The van der Waals surface area contributed by atoms with Crippen molar-refractivity contribution in [2.24, 2.45) is 0 Å². The second-order valence-corrected chi connectivity index (χ2v) is 14.2. The lowest BCUT2D eigenvalue weighted by atomic mass is 10.1. The number of unbranched alkanes of at least 4 members (excludes halogenated alkanes) is 4. The van der Waals surface area contributed by atoms with Gasteiger partial charge in [-0.25, -0.2) is 4.79 Å². The summed E-state index contributed by atoms with van der Waals surface area (Å²) in [4.78, 5) is 41.4. The van der Waals surface area contributed by atoms with E-state index in [1.165, 1.54) is 19.3 Å². The monoisotopic (exact) mass is 764 g/mol. The van der Waals surface area contributed by atoms with E-state index in [0.717, 1.165) is 56.4 Å². The minimum Gasteiger partial charge on any atom is -0.380 e. The highest BCUT2D eigenvalue weighted by molar-refractivity contribution is 6.36. The van der Waals surface area contributed by atoms with Crippen LogP contribution in [0.25, 0.3) is 0 Å². The second-order valence-electron chi connectivity index (χ2n) is 13.4. The molecule has 1 fully saturated rings. The van der Waals surface area contributed by atoms with E-state index in [1.54, 1.807) is 36.4 Å². The molecule has 1 unspecified atom stereocenters. The summed E-state index contributed by atoms with van der Waals surface area (Å²) in [6, 6.07) is 18.8. The van der Waals surface area contributed by atoms with Gasteiger partial charge in [0.1, 0.15) is 6.04 Å². The molecular formula is C40H54Cl2N8O3. The smallest absolute Gasteiger partial charge is 0.319 e. The molecule has 53 heavy (non-hydrogen) atoms. The summed E-state index contributed by atoms with van der Waals surface area (Å²) in [5.74, 6) is -0.769. The molecule has 3 aromatic carbocycles. The average molecular weight is 766 g/mol. The molecule has 11 nitrogen and oxygen atoms in total. The van der Waals surface area contributed by atoms with E-state index in [1.807, 2.05) is 30.3 Å². The number of amides is 4. The van der Waals surface area contributed by atoms with E-state index in [0.29, 0.717) is 65.3 Å². The Morgan fingerprint density at radius 2 is 1.58 bits per heavy atom. The van der Waals surface area contributed by atoms with Gasteiger partial charge in [-0.1, -0.05) is 92.2 Å². The lowest BCUT2D eigenvalue weighted by Crippen LogP contribution is -2.50. The van der Waals surface area contributed by atoms with Crippen LogP contribution in [0.15, 0.2) is 66.7 Å². The number of anilines is 2. The minimum absolute atomic E-state index is 0.287. The molecule has 1 aliphatic heterocycles. The van der Waals surface area contributed by atoms with Crippen molar-refractivity contribution < 1.29 is 14.4 Å². The van der Waals surface area contributed by atoms with Crippen LogP contribution in [0.2, 0.25) is 10.0 Å². The molecule has 7 N–H and O–H groups in total. The molecule has 13 heteroatoms. The molecular weight excluding hydrogens is 711 g/mol. The van der Waals surface area contributed by atoms with Crippen molar-refractivity contribution in [2.45, 2.75) is 77.4 Å². The van der Waals surface area contributed by atoms with Crippen molar-refractivity contribution in [3.63, 3.8) is 0 Å². The van der Waals surface area contributed by atoms with Gasteiger partial charge in [-0.2, -0.15) is 0 Å². The molecule has 286 valence electrons. The van der Waals surface area contributed by atoms with Gasteiger partial charge in [0, 0.05) is 52.2 Å². The average Bonchev–Trinajstić information content (AvgIpc) is 3.67. The molecule has 0 aromatic heterocycles. The quantitative estimate of drug-likeness (QED) is 0.0435. The lowest BCUT2D eigenvalue weighted by molar-refractivity contribution is -0.128. The van der Waals surface area contributed by atoms with Crippen LogP contribution in [0.3, 0.4) is 0 Å². The van der Waals surface area contributed by atoms with Crippen LogP contribution in [-0.4, -0.2) is 73.8 Å². The number of carbonyl (C=O) groups is 3. The number of hydrogen-bond acceptors (Lipinski definition) is 7. The summed E-state index contributed by atoms with van der Waals surface area (Å²) in [7, 11) is 0. The Labute approximate surface area is 323 Å². The third kappa shape index (κ3) is 14.6. The number of rotatable bonds is 22. The fourth-order valence-electron chi connectivity index (χ4n) is 6.15. The van der Waals surface area contributed by atoms with E-state index < -0.39 is 18.0 Å². The van der Waals surface area contributed by atoms with Crippen LogP contribution < -0.4 is 31.9 Å². The number of urea groups is 1. The summed E-state index contributed by atoms with van der Waals surface area (Å²) in [6.45, 7) is 6.38. The maximum atomic E-state index is 13.2. The number of benzene rings is 3. The van der Waals surface area contributed by atoms with Gasteiger partial charge in [-0.05, 0) is 87.8 Å². The summed E-state index contributed by atoms with van der Waals surface area (Å²) < 4.78 is 0. The molecule has 1 heterocycles. The van der Waals surface area contributed by atoms with Crippen LogP contribution >= 0.6 is 23.2 Å². The molecule has 0 radical (unpaired) electrons. The SMILES string of the molecule is CCCCCCCNCCC(NC(=O)CNC(=O)Nc1ccc(C(=N)CN2CCCC2)c(NCc2c(Cl)cccc2Cl)c1)C(=O)NCc1ccccc1. The van der Waals surface area contributed by atoms with E-state index in [4.69, 9.17) is 28.6 Å². The minimum atomic E-state index is -0.771. The van der Waals surface area contributed by atoms with Crippen molar-refractivity contribution in [3.8, 4) is 0 Å². The van der Waals surface area contributed by atoms with Gasteiger partial charge in [0.25, 0.3) is 0 Å². The first-order valence-electron chi connectivity index (χ1n) is 18.7. The lowest BCUT2D eigenvalue weighted by Gasteiger charge is -2.20. The molecule has 4 rings (SSSR count). The molecule has 0 aliphatic carbocycles. The Kier molecular flexibility index (Phi) is 17.9. The molecule has 1 saturated heterocycles. The summed E-state index contributed by atoms with van der Waals surface area (Å²) in [6.07, 6.45) is 8.52. The number of nitrogens with zero attached hydrogens (tertiary/aromatic N) is 1. The first-order valence-corrected chi connectivity index (χ1v) is 19.5. The number of halogens is 2. The normalized spacial score (nSPS) is 13.3. The number of hydrogen-bond donors (Lipinski definition) is 7. The Bertz CT molecular complexity index is 1620. The van der Waals surface area contributed by atoms with E-state index >= 15 is 0 Å². The third-order valence-corrected chi connectivity index (χ3v) is 9.85. The predicted octanol–water partition coefficient (Wildman–Crippen LogP) is 6.94. The summed E-state index contributed by atoms with van der Waals surface area (Å²) >= 11 is 12.8. The molecule has 0 spiro atoms. The molecule has 1 atom stereocenters. The maximum absolute atomic E-state index is 13.2. The Hall–Kier alpha value is -4.16. The van der Waals surface area contributed by atoms with Crippen molar-refractivity contribution >= 4 is 58.1 Å². The predicted molar refractivity (Wildman–Crippen MR) is 216 cm³/mol. The zero-order valence-electron chi connectivity index (χ0n) is 30.7. The number of carbonyl (C=O) groups excluding carboxylic acids is 3. The molecule has 4 amide bonds. The van der Waals surface area contributed by atoms with Crippen molar-refractivity contribution in [3.05, 3.63) is 93.5 Å². The molecule has 3 aromatic rings. The largest absolute Gasteiger partial charge is 0.380 e. The standard InChI is InChI=1S/C40H54Cl2N8O3/c1-2-3-4-5-9-20-44-21-19-36(39(52)46-25-29-13-7-6-8-14-29)49-38(51)27-47-40(53)48-30-17-18-31(35(43)28-50-22-10-11-23-50)37(24-30)45-26-32-33(41)15-12-16-34(32)42/h6-8,12-18,24,36,43-45H,2-5,9-11,19-23,25-28H2,1H3,(H,46,52)(H,49,51)(H2,47,48,53). The first-order chi connectivity index (χ1) is 25.7. The second kappa shape index (κ2) is 22.8. The van der Waals surface area contributed by atoms with Crippen LogP contribution in [-0.2, 0) is 22.7 Å². The van der Waals surface area contributed by atoms with Gasteiger partial charge in [-0.3, -0.25) is 14.5 Å². The van der Waals surface area contributed by atoms with E-state index in [9.17, 15) is 14.4 Å². The molecule has 0 saturated carbocycles. The van der Waals surface area contributed by atoms with Gasteiger partial charge >= 0.3 is 6.03 Å². The fraction of sp³-hybridized carbons (Fsp3) is 0.450.